The van der Waals surface area contributed by atoms with E-state index in [-0.39, 0.29) is 0 Å². The van der Waals surface area contributed by atoms with Gasteiger partial charge in [-0.05, 0) is 54.7 Å². The van der Waals surface area contributed by atoms with Crippen molar-refractivity contribution in [2.75, 3.05) is 7.11 Å². The quantitative estimate of drug-likeness (QED) is 0.931. The predicted octanol–water partition coefficient (Wildman–Crippen LogP) is 3.78. The molecule has 0 spiro atoms. The van der Waals surface area contributed by atoms with Crippen LogP contribution in [0.3, 0.4) is 0 Å². The highest BCUT2D eigenvalue weighted by Crippen LogP contribution is 2.34. The molecular weight excluding hydrogens is 280 g/mol. The number of ether oxygens (including phenoxy) is 1. The minimum atomic E-state index is -0.616. The van der Waals surface area contributed by atoms with Crippen LogP contribution in [-0.4, -0.2) is 17.8 Å². The SMILES string of the molecule is CCc1ccc(CC2(O)CCc3ccc(OC)cc3C2)s1. The van der Waals surface area contributed by atoms with Gasteiger partial charge in [-0.1, -0.05) is 13.0 Å². The van der Waals surface area contributed by atoms with Gasteiger partial charge in [0, 0.05) is 22.6 Å². The summed E-state index contributed by atoms with van der Waals surface area (Å²) in [6.07, 6.45) is 4.34. The molecule has 1 aliphatic carbocycles. The Morgan fingerprint density at radius 1 is 1.19 bits per heavy atom. The summed E-state index contributed by atoms with van der Waals surface area (Å²) in [5.41, 5.74) is 1.96. The number of fused-ring (bicyclic) bond motifs is 1. The van der Waals surface area contributed by atoms with Gasteiger partial charge in [-0.25, -0.2) is 0 Å². The summed E-state index contributed by atoms with van der Waals surface area (Å²) in [4.78, 5) is 2.69. The molecule has 0 bridgehead atoms. The maximum atomic E-state index is 11.0. The molecule has 1 heterocycles. The number of benzene rings is 1. The van der Waals surface area contributed by atoms with Crippen molar-refractivity contribution in [1.29, 1.82) is 0 Å². The Labute approximate surface area is 130 Å². The molecular formula is C18H22O2S. The van der Waals surface area contributed by atoms with Crippen molar-refractivity contribution in [3.05, 3.63) is 51.2 Å². The van der Waals surface area contributed by atoms with Crippen LogP contribution in [0.25, 0.3) is 0 Å². The molecule has 2 aromatic rings. The summed E-state index contributed by atoms with van der Waals surface area (Å²) in [6, 6.07) is 10.6. The fourth-order valence-electron chi connectivity index (χ4n) is 3.13. The molecule has 0 fully saturated rings. The van der Waals surface area contributed by atoms with Crippen molar-refractivity contribution >= 4 is 11.3 Å². The van der Waals surface area contributed by atoms with Crippen LogP contribution in [-0.2, 0) is 25.7 Å². The second-order valence-corrected chi connectivity index (χ2v) is 7.19. The van der Waals surface area contributed by atoms with E-state index in [1.165, 1.54) is 20.9 Å². The molecule has 1 N–H and O–H groups in total. The number of methoxy groups -OCH3 is 1. The van der Waals surface area contributed by atoms with Crippen LogP contribution in [0.5, 0.6) is 5.75 Å². The van der Waals surface area contributed by atoms with Crippen LogP contribution in [0.1, 0.15) is 34.2 Å². The molecule has 3 rings (SSSR count). The van der Waals surface area contributed by atoms with E-state index in [1.807, 2.05) is 17.4 Å². The van der Waals surface area contributed by atoms with Gasteiger partial charge < -0.3 is 9.84 Å². The van der Waals surface area contributed by atoms with Gasteiger partial charge in [-0.3, -0.25) is 0 Å². The van der Waals surface area contributed by atoms with Gasteiger partial charge in [0.1, 0.15) is 5.75 Å². The predicted molar refractivity (Wildman–Crippen MR) is 87.4 cm³/mol. The van der Waals surface area contributed by atoms with Crippen LogP contribution in [0, 0.1) is 0 Å². The minimum absolute atomic E-state index is 0.616. The normalized spacial score (nSPS) is 21.1. The second kappa shape index (κ2) is 5.82. The summed E-state index contributed by atoms with van der Waals surface area (Å²) in [5, 5.41) is 11.0. The highest BCUT2D eigenvalue weighted by molar-refractivity contribution is 7.12. The molecule has 1 atom stereocenters. The average Bonchev–Trinajstić information content (AvgIpc) is 2.93. The van der Waals surface area contributed by atoms with Crippen molar-refractivity contribution in [3.8, 4) is 5.75 Å². The Morgan fingerprint density at radius 2 is 2.00 bits per heavy atom. The summed E-state index contributed by atoms with van der Waals surface area (Å²) >= 11 is 1.83. The van der Waals surface area contributed by atoms with Crippen molar-refractivity contribution in [2.24, 2.45) is 0 Å². The van der Waals surface area contributed by atoms with Crippen molar-refractivity contribution in [3.63, 3.8) is 0 Å². The molecule has 0 aliphatic heterocycles. The zero-order chi connectivity index (χ0) is 14.9. The van der Waals surface area contributed by atoms with E-state index in [9.17, 15) is 5.11 Å². The van der Waals surface area contributed by atoms with Gasteiger partial charge in [0.25, 0.3) is 0 Å². The lowest BCUT2D eigenvalue weighted by molar-refractivity contribution is 0.0274. The maximum Gasteiger partial charge on any atom is 0.119 e. The molecule has 1 unspecified atom stereocenters. The molecule has 0 saturated carbocycles. The maximum absolute atomic E-state index is 11.0. The topological polar surface area (TPSA) is 29.5 Å². The van der Waals surface area contributed by atoms with E-state index in [0.29, 0.717) is 0 Å². The van der Waals surface area contributed by atoms with Crippen LogP contribution in [0.2, 0.25) is 0 Å². The summed E-state index contributed by atoms with van der Waals surface area (Å²) < 4.78 is 5.31. The molecule has 21 heavy (non-hydrogen) atoms. The first-order valence-electron chi connectivity index (χ1n) is 7.57. The van der Waals surface area contributed by atoms with E-state index in [1.54, 1.807) is 7.11 Å². The highest BCUT2D eigenvalue weighted by Gasteiger charge is 2.32. The van der Waals surface area contributed by atoms with E-state index in [2.05, 4.69) is 31.2 Å². The zero-order valence-electron chi connectivity index (χ0n) is 12.7. The van der Waals surface area contributed by atoms with Gasteiger partial charge in [0.05, 0.1) is 12.7 Å². The number of aliphatic hydroxyl groups is 1. The largest absolute Gasteiger partial charge is 0.497 e. The van der Waals surface area contributed by atoms with Crippen molar-refractivity contribution < 1.29 is 9.84 Å². The molecule has 1 aromatic heterocycles. The first-order valence-corrected chi connectivity index (χ1v) is 8.39. The fraction of sp³-hybridized carbons (Fsp3) is 0.444. The second-order valence-electron chi connectivity index (χ2n) is 5.93. The fourth-order valence-corrected chi connectivity index (χ4v) is 4.22. The minimum Gasteiger partial charge on any atom is -0.497 e. The van der Waals surface area contributed by atoms with Crippen LogP contribution >= 0.6 is 11.3 Å². The van der Waals surface area contributed by atoms with E-state index < -0.39 is 5.60 Å². The molecule has 0 radical (unpaired) electrons. The third-order valence-corrected chi connectivity index (χ3v) is 5.59. The molecule has 2 nitrogen and oxygen atoms in total. The average molecular weight is 302 g/mol. The highest BCUT2D eigenvalue weighted by atomic mass is 32.1. The summed E-state index contributed by atoms with van der Waals surface area (Å²) in [5.74, 6) is 0.877. The van der Waals surface area contributed by atoms with Crippen molar-refractivity contribution in [1.82, 2.24) is 0 Å². The standard InChI is InChI=1S/C18H22O2S/c1-3-16-6-7-17(21-16)12-18(19)9-8-13-4-5-15(20-2)10-14(13)11-18/h4-7,10,19H,3,8-9,11-12H2,1-2H3. The molecule has 3 heteroatoms. The Morgan fingerprint density at radius 3 is 2.71 bits per heavy atom. The third kappa shape index (κ3) is 3.14. The van der Waals surface area contributed by atoms with E-state index >= 15 is 0 Å². The Hall–Kier alpha value is -1.32. The monoisotopic (exact) mass is 302 g/mol. The summed E-state index contributed by atoms with van der Waals surface area (Å²) in [6.45, 7) is 2.17. The Balaban J connectivity index is 1.79. The molecule has 0 saturated heterocycles. The van der Waals surface area contributed by atoms with Gasteiger partial charge >= 0.3 is 0 Å². The smallest absolute Gasteiger partial charge is 0.119 e. The molecule has 1 aromatic carbocycles. The lowest BCUT2D eigenvalue weighted by atomic mass is 9.78. The van der Waals surface area contributed by atoms with Gasteiger partial charge in [0.2, 0.25) is 0 Å². The number of thiophene rings is 1. The van der Waals surface area contributed by atoms with E-state index in [0.717, 1.165) is 37.9 Å². The first kappa shape index (κ1) is 14.6. The lowest BCUT2D eigenvalue weighted by Gasteiger charge is -2.33. The van der Waals surface area contributed by atoms with Crippen LogP contribution in [0.4, 0.5) is 0 Å². The van der Waals surface area contributed by atoms with E-state index in [4.69, 9.17) is 4.74 Å². The van der Waals surface area contributed by atoms with Crippen molar-refractivity contribution in [2.45, 2.75) is 44.6 Å². The number of hydrogen-bond donors (Lipinski definition) is 1. The number of rotatable bonds is 4. The summed E-state index contributed by atoms with van der Waals surface area (Å²) in [7, 11) is 1.69. The number of aryl methyl sites for hydroxylation is 2. The number of hydrogen-bond acceptors (Lipinski definition) is 3. The lowest BCUT2D eigenvalue weighted by Crippen LogP contribution is -2.37. The molecule has 112 valence electrons. The van der Waals surface area contributed by atoms with Crippen LogP contribution < -0.4 is 4.74 Å². The van der Waals surface area contributed by atoms with Gasteiger partial charge in [-0.2, -0.15) is 0 Å². The van der Waals surface area contributed by atoms with Gasteiger partial charge in [-0.15, -0.1) is 11.3 Å². The molecule has 0 amide bonds. The zero-order valence-corrected chi connectivity index (χ0v) is 13.5. The Bertz CT molecular complexity index is 632. The van der Waals surface area contributed by atoms with Crippen LogP contribution in [0.15, 0.2) is 30.3 Å². The Kier molecular flexibility index (Phi) is 4.05. The van der Waals surface area contributed by atoms with Gasteiger partial charge in [0.15, 0.2) is 0 Å². The third-order valence-electron chi connectivity index (χ3n) is 4.36. The molecule has 1 aliphatic rings. The first-order chi connectivity index (χ1) is 10.1.